The van der Waals surface area contributed by atoms with Gasteiger partial charge in [-0.25, -0.2) is 17.9 Å². The van der Waals surface area contributed by atoms with Crippen LogP contribution in [0.1, 0.15) is 41.5 Å². The Kier molecular flexibility index (Phi) is 8.06. The molecule has 0 fully saturated rings. The van der Waals surface area contributed by atoms with Crippen LogP contribution < -0.4 is 9.46 Å². The SMILES string of the molecule is COc1ccc(C(=O)OCc2nc(CC(C)C)no2)cc1S(=O)(=O)NCc1ccc(Cl)cc1. The average molecular weight is 494 g/mol. The van der Waals surface area contributed by atoms with Crippen molar-refractivity contribution in [1.29, 1.82) is 0 Å². The standard InChI is InChI=1S/C22H24ClN3O6S/c1-14(2)10-20-25-21(32-26-20)13-31-22(27)16-6-9-18(30-3)19(11-16)33(28,29)24-12-15-4-7-17(23)8-5-15/h4-9,11,14,24H,10,12-13H2,1-3H3. The lowest BCUT2D eigenvalue weighted by molar-refractivity contribution is 0.0429. The molecule has 0 saturated heterocycles. The van der Waals surface area contributed by atoms with Crippen LogP contribution >= 0.6 is 11.6 Å². The monoisotopic (exact) mass is 493 g/mol. The molecule has 0 aliphatic rings. The van der Waals surface area contributed by atoms with Gasteiger partial charge in [0.1, 0.15) is 10.6 Å². The van der Waals surface area contributed by atoms with Crippen molar-refractivity contribution in [2.24, 2.45) is 5.92 Å². The van der Waals surface area contributed by atoms with Crippen LogP contribution in [-0.2, 0) is 34.3 Å². The van der Waals surface area contributed by atoms with Crippen molar-refractivity contribution in [3.8, 4) is 5.75 Å². The fraction of sp³-hybridized carbons (Fsp3) is 0.318. The van der Waals surface area contributed by atoms with E-state index in [-0.39, 0.29) is 35.3 Å². The number of nitrogens with zero attached hydrogens (tertiary/aromatic N) is 2. The van der Waals surface area contributed by atoms with Crippen molar-refractivity contribution >= 4 is 27.6 Å². The van der Waals surface area contributed by atoms with Gasteiger partial charge >= 0.3 is 5.97 Å². The van der Waals surface area contributed by atoms with Gasteiger partial charge in [-0.1, -0.05) is 42.7 Å². The highest BCUT2D eigenvalue weighted by Crippen LogP contribution is 2.26. The highest BCUT2D eigenvalue weighted by molar-refractivity contribution is 7.89. The third-order valence-electron chi connectivity index (χ3n) is 4.50. The number of hydrogen-bond acceptors (Lipinski definition) is 8. The number of aromatic nitrogens is 2. The first-order chi connectivity index (χ1) is 15.7. The number of esters is 1. The van der Waals surface area contributed by atoms with Crippen molar-refractivity contribution in [3.63, 3.8) is 0 Å². The molecule has 1 N–H and O–H groups in total. The minimum absolute atomic E-state index is 0.0320. The number of carbonyl (C=O) groups excluding carboxylic acids is 1. The van der Waals surface area contributed by atoms with E-state index in [1.54, 1.807) is 24.3 Å². The fourth-order valence-corrected chi connectivity index (χ4v) is 4.22. The number of ether oxygens (including phenoxy) is 2. The fourth-order valence-electron chi connectivity index (χ4n) is 2.88. The predicted molar refractivity (Wildman–Crippen MR) is 120 cm³/mol. The zero-order chi connectivity index (χ0) is 24.0. The number of rotatable bonds is 10. The Morgan fingerprint density at radius 3 is 2.58 bits per heavy atom. The molecule has 33 heavy (non-hydrogen) atoms. The zero-order valence-electron chi connectivity index (χ0n) is 18.4. The van der Waals surface area contributed by atoms with Gasteiger partial charge in [0, 0.05) is 18.0 Å². The van der Waals surface area contributed by atoms with Gasteiger partial charge < -0.3 is 14.0 Å². The van der Waals surface area contributed by atoms with Crippen molar-refractivity contribution in [2.45, 2.75) is 38.3 Å². The maximum Gasteiger partial charge on any atom is 0.338 e. The molecule has 1 heterocycles. The molecule has 3 aromatic rings. The molecule has 176 valence electrons. The minimum atomic E-state index is -4.00. The molecule has 3 rings (SSSR count). The maximum absolute atomic E-state index is 12.9. The Hall–Kier alpha value is -2.95. The quantitative estimate of drug-likeness (QED) is 0.424. The van der Waals surface area contributed by atoms with Gasteiger partial charge in [-0.15, -0.1) is 0 Å². The lowest BCUT2D eigenvalue weighted by Gasteiger charge is -2.12. The molecule has 2 aromatic carbocycles. The second-order valence-electron chi connectivity index (χ2n) is 7.60. The molecular formula is C22H24ClN3O6S. The molecule has 0 radical (unpaired) electrons. The predicted octanol–water partition coefficient (Wildman–Crippen LogP) is 3.77. The number of carbonyl (C=O) groups is 1. The summed E-state index contributed by atoms with van der Waals surface area (Å²) in [4.78, 5) is 16.5. The second kappa shape index (κ2) is 10.8. The average Bonchev–Trinajstić information content (AvgIpc) is 3.23. The summed E-state index contributed by atoms with van der Waals surface area (Å²) >= 11 is 5.86. The number of methoxy groups -OCH3 is 1. The first-order valence-electron chi connectivity index (χ1n) is 10.1. The second-order valence-corrected chi connectivity index (χ2v) is 9.77. The van der Waals surface area contributed by atoms with E-state index in [2.05, 4.69) is 14.9 Å². The molecule has 0 atom stereocenters. The van der Waals surface area contributed by atoms with Crippen molar-refractivity contribution in [3.05, 3.63) is 70.3 Å². The summed E-state index contributed by atoms with van der Waals surface area (Å²) in [6.07, 6.45) is 0.639. The van der Waals surface area contributed by atoms with Gasteiger partial charge in [0.2, 0.25) is 10.0 Å². The molecule has 0 amide bonds. The summed E-state index contributed by atoms with van der Waals surface area (Å²) in [5.74, 6) is 0.386. The summed E-state index contributed by atoms with van der Waals surface area (Å²) in [6.45, 7) is 3.85. The highest BCUT2D eigenvalue weighted by atomic mass is 35.5. The number of sulfonamides is 1. The molecule has 0 bridgehead atoms. The van der Waals surface area contributed by atoms with Crippen LogP contribution in [0, 0.1) is 5.92 Å². The van der Waals surface area contributed by atoms with Crippen LogP contribution in [0.4, 0.5) is 0 Å². The number of halogens is 1. The summed E-state index contributed by atoms with van der Waals surface area (Å²) in [5.41, 5.74) is 0.749. The Balaban J connectivity index is 1.71. The van der Waals surface area contributed by atoms with Gasteiger partial charge in [-0.3, -0.25) is 0 Å². The molecular weight excluding hydrogens is 470 g/mol. The Labute approximate surface area is 197 Å². The molecule has 0 aliphatic heterocycles. The Morgan fingerprint density at radius 1 is 1.18 bits per heavy atom. The molecule has 11 heteroatoms. The normalized spacial score (nSPS) is 11.5. The lowest BCUT2D eigenvalue weighted by atomic mass is 10.1. The van der Waals surface area contributed by atoms with Crippen LogP contribution in [0.2, 0.25) is 5.02 Å². The first-order valence-corrected chi connectivity index (χ1v) is 11.9. The number of hydrogen-bond donors (Lipinski definition) is 1. The van der Waals surface area contributed by atoms with Crippen LogP contribution in [0.15, 0.2) is 51.9 Å². The lowest BCUT2D eigenvalue weighted by Crippen LogP contribution is -2.24. The molecule has 9 nitrogen and oxygen atoms in total. The molecule has 0 spiro atoms. The number of benzene rings is 2. The summed E-state index contributed by atoms with van der Waals surface area (Å²) in [6, 6.07) is 10.7. The van der Waals surface area contributed by atoms with Gasteiger partial charge in [0.05, 0.1) is 12.7 Å². The van der Waals surface area contributed by atoms with E-state index >= 15 is 0 Å². The van der Waals surface area contributed by atoms with Crippen molar-refractivity contribution in [1.82, 2.24) is 14.9 Å². The zero-order valence-corrected chi connectivity index (χ0v) is 19.9. The van der Waals surface area contributed by atoms with E-state index in [0.29, 0.717) is 28.7 Å². The van der Waals surface area contributed by atoms with Crippen molar-refractivity contribution in [2.75, 3.05) is 7.11 Å². The van der Waals surface area contributed by atoms with E-state index in [4.69, 9.17) is 25.6 Å². The molecule has 0 saturated carbocycles. The Morgan fingerprint density at radius 2 is 1.91 bits per heavy atom. The van der Waals surface area contributed by atoms with Crippen LogP contribution in [0.25, 0.3) is 0 Å². The Bertz CT molecular complexity index is 1210. The molecule has 0 aliphatic carbocycles. The third kappa shape index (κ3) is 6.77. The van der Waals surface area contributed by atoms with Gasteiger partial charge in [-0.05, 0) is 41.8 Å². The highest BCUT2D eigenvalue weighted by Gasteiger charge is 2.22. The topological polar surface area (TPSA) is 121 Å². The summed E-state index contributed by atoms with van der Waals surface area (Å²) in [7, 11) is -2.66. The van der Waals surface area contributed by atoms with Gasteiger partial charge in [0.15, 0.2) is 12.4 Å². The largest absolute Gasteiger partial charge is 0.495 e. The first kappa shape index (κ1) is 24.7. The van der Waals surface area contributed by atoms with Crippen LogP contribution in [0.3, 0.4) is 0 Å². The molecule has 0 unspecified atom stereocenters. The number of nitrogens with one attached hydrogen (secondary N) is 1. The van der Waals surface area contributed by atoms with Crippen LogP contribution in [0.5, 0.6) is 5.75 Å². The van der Waals surface area contributed by atoms with E-state index in [1.165, 1.54) is 25.3 Å². The van der Waals surface area contributed by atoms with Crippen LogP contribution in [-0.4, -0.2) is 31.6 Å². The van der Waals surface area contributed by atoms with Gasteiger partial charge in [-0.2, -0.15) is 4.98 Å². The smallest absolute Gasteiger partial charge is 0.338 e. The van der Waals surface area contributed by atoms with E-state index in [0.717, 1.165) is 0 Å². The van der Waals surface area contributed by atoms with E-state index in [1.807, 2.05) is 13.8 Å². The van der Waals surface area contributed by atoms with Gasteiger partial charge in [0.25, 0.3) is 5.89 Å². The van der Waals surface area contributed by atoms with E-state index < -0.39 is 16.0 Å². The van der Waals surface area contributed by atoms with Crippen molar-refractivity contribution < 1.29 is 27.2 Å². The third-order valence-corrected chi connectivity index (χ3v) is 6.17. The summed E-state index contributed by atoms with van der Waals surface area (Å²) < 4.78 is 43.7. The minimum Gasteiger partial charge on any atom is -0.495 e. The summed E-state index contributed by atoms with van der Waals surface area (Å²) in [5, 5.41) is 4.38. The van der Waals surface area contributed by atoms with E-state index in [9.17, 15) is 13.2 Å². The maximum atomic E-state index is 12.9. The molecule has 1 aromatic heterocycles.